The number of hydrogen-bond acceptors (Lipinski definition) is 2. The highest BCUT2D eigenvalue weighted by Gasteiger charge is 2.21. The lowest BCUT2D eigenvalue weighted by molar-refractivity contribution is 0.501. The van der Waals surface area contributed by atoms with E-state index in [4.69, 9.17) is 5.73 Å². The molecule has 2 heteroatoms. The average molecular weight is 176 g/mol. The lowest BCUT2D eigenvalue weighted by Gasteiger charge is -2.19. The zero-order valence-corrected chi connectivity index (χ0v) is 7.74. The first-order chi connectivity index (χ1) is 6.38. The second-order valence-electron chi connectivity index (χ2n) is 3.64. The van der Waals surface area contributed by atoms with Gasteiger partial charge in [-0.25, -0.2) is 0 Å². The van der Waals surface area contributed by atoms with Gasteiger partial charge in [-0.15, -0.1) is 0 Å². The Morgan fingerprint density at radius 3 is 2.69 bits per heavy atom. The van der Waals surface area contributed by atoms with Gasteiger partial charge in [0.05, 0.1) is 0 Å². The van der Waals surface area contributed by atoms with Crippen LogP contribution in [0.25, 0.3) is 0 Å². The smallest absolute Gasteiger partial charge is 0.0450 e. The third-order valence-corrected chi connectivity index (χ3v) is 2.72. The van der Waals surface area contributed by atoms with Crippen molar-refractivity contribution >= 4 is 0 Å². The summed E-state index contributed by atoms with van der Waals surface area (Å²) in [5, 5.41) is 3.43. The minimum atomic E-state index is 0.156. The number of benzene rings is 1. The molecule has 3 N–H and O–H groups in total. The maximum absolute atomic E-state index is 6.14. The molecule has 2 nitrogen and oxygen atoms in total. The van der Waals surface area contributed by atoms with E-state index in [-0.39, 0.29) is 6.04 Å². The highest BCUT2D eigenvalue weighted by Crippen LogP contribution is 2.19. The third-order valence-electron chi connectivity index (χ3n) is 2.72. The minimum absolute atomic E-state index is 0.156. The summed E-state index contributed by atoms with van der Waals surface area (Å²) >= 11 is 0. The summed E-state index contributed by atoms with van der Waals surface area (Å²) < 4.78 is 0. The van der Waals surface area contributed by atoms with Gasteiger partial charge in [0.25, 0.3) is 0 Å². The molecular weight excluding hydrogens is 160 g/mol. The first-order valence-electron chi connectivity index (χ1n) is 4.92. The predicted molar refractivity (Wildman–Crippen MR) is 54.4 cm³/mol. The molecule has 2 rings (SSSR count). The van der Waals surface area contributed by atoms with E-state index in [2.05, 4.69) is 17.4 Å². The molecular formula is C11H16N2. The summed E-state index contributed by atoms with van der Waals surface area (Å²) in [6.07, 6.45) is 2.46. The van der Waals surface area contributed by atoms with E-state index >= 15 is 0 Å². The molecule has 0 aliphatic carbocycles. The Bertz CT molecular complexity index is 252. The highest BCUT2D eigenvalue weighted by atomic mass is 15.0. The molecule has 0 aromatic heterocycles. The van der Waals surface area contributed by atoms with E-state index in [0.29, 0.717) is 6.04 Å². The van der Waals surface area contributed by atoms with Crippen molar-refractivity contribution in [2.24, 2.45) is 5.73 Å². The second kappa shape index (κ2) is 3.90. The van der Waals surface area contributed by atoms with Gasteiger partial charge in [-0.3, -0.25) is 0 Å². The molecule has 2 atom stereocenters. The number of nitrogens with one attached hydrogen (secondary N) is 1. The van der Waals surface area contributed by atoms with E-state index in [1.807, 2.05) is 18.2 Å². The quantitative estimate of drug-likeness (QED) is 0.715. The first-order valence-corrected chi connectivity index (χ1v) is 4.92. The van der Waals surface area contributed by atoms with Crippen LogP contribution in [0.4, 0.5) is 0 Å². The molecule has 1 heterocycles. The van der Waals surface area contributed by atoms with E-state index in [0.717, 1.165) is 6.54 Å². The van der Waals surface area contributed by atoms with Crippen LogP contribution in [0.2, 0.25) is 0 Å². The summed E-state index contributed by atoms with van der Waals surface area (Å²) in [4.78, 5) is 0. The summed E-state index contributed by atoms with van der Waals surface area (Å²) in [5.41, 5.74) is 7.38. The Kier molecular flexibility index (Phi) is 2.62. The molecule has 1 aromatic carbocycles. The van der Waals surface area contributed by atoms with Crippen LogP contribution in [0, 0.1) is 0 Å². The molecule has 13 heavy (non-hydrogen) atoms. The van der Waals surface area contributed by atoms with Crippen molar-refractivity contribution in [3.63, 3.8) is 0 Å². The van der Waals surface area contributed by atoms with Gasteiger partial charge in [0, 0.05) is 12.1 Å². The van der Waals surface area contributed by atoms with Crippen molar-refractivity contribution in [3.05, 3.63) is 35.9 Å². The number of hydrogen-bond donors (Lipinski definition) is 2. The SMILES string of the molecule is N[C@@H](c1ccccc1)[C@@H]1CCCN1. The summed E-state index contributed by atoms with van der Waals surface area (Å²) in [6, 6.07) is 11.0. The minimum Gasteiger partial charge on any atom is -0.323 e. The van der Waals surface area contributed by atoms with E-state index in [9.17, 15) is 0 Å². The van der Waals surface area contributed by atoms with Crippen molar-refractivity contribution in [2.45, 2.75) is 24.9 Å². The van der Waals surface area contributed by atoms with Crippen molar-refractivity contribution < 1.29 is 0 Å². The van der Waals surface area contributed by atoms with Gasteiger partial charge in [0.15, 0.2) is 0 Å². The van der Waals surface area contributed by atoms with Gasteiger partial charge in [-0.05, 0) is 24.9 Å². The predicted octanol–water partition coefficient (Wildman–Crippen LogP) is 1.44. The van der Waals surface area contributed by atoms with Crippen LogP contribution >= 0.6 is 0 Å². The molecule has 1 fully saturated rings. The van der Waals surface area contributed by atoms with E-state index < -0.39 is 0 Å². The average Bonchev–Trinajstić information content (AvgIpc) is 2.71. The molecule has 0 saturated carbocycles. The second-order valence-corrected chi connectivity index (χ2v) is 3.64. The number of rotatable bonds is 2. The fourth-order valence-electron chi connectivity index (χ4n) is 1.93. The molecule has 1 aromatic rings. The summed E-state index contributed by atoms with van der Waals surface area (Å²) in [7, 11) is 0. The Balaban J connectivity index is 2.08. The van der Waals surface area contributed by atoms with Crippen molar-refractivity contribution in [3.8, 4) is 0 Å². The fourth-order valence-corrected chi connectivity index (χ4v) is 1.93. The molecule has 0 amide bonds. The van der Waals surface area contributed by atoms with Crippen LogP contribution in [0.3, 0.4) is 0 Å². The van der Waals surface area contributed by atoms with Crippen molar-refractivity contribution in [1.82, 2.24) is 5.32 Å². The van der Waals surface area contributed by atoms with Crippen LogP contribution in [0.15, 0.2) is 30.3 Å². The standard InChI is InChI=1S/C11H16N2/c12-11(10-7-4-8-13-10)9-5-2-1-3-6-9/h1-3,5-6,10-11,13H,4,7-8,12H2/t10-,11-/m0/s1. The molecule has 1 aliphatic heterocycles. The van der Waals surface area contributed by atoms with E-state index in [1.165, 1.54) is 18.4 Å². The Morgan fingerprint density at radius 1 is 1.31 bits per heavy atom. The van der Waals surface area contributed by atoms with Crippen LogP contribution in [-0.2, 0) is 0 Å². The molecule has 70 valence electrons. The van der Waals surface area contributed by atoms with Crippen molar-refractivity contribution in [2.75, 3.05) is 6.54 Å². The van der Waals surface area contributed by atoms with Crippen LogP contribution in [-0.4, -0.2) is 12.6 Å². The lowest BCUT2D eigenvalue weighted by Crippen LogP contribution is -2.34. The van der Waals surface area contributed by atoms with Crippen LogP contribution in [0.5, 0.6) is 0 Å². The topological polar surface area (TPSA) is 38.0 Å². The van der Waals surface area contributed by atoms with Gasteiger partial charge in [-0.1, -0.05) is 30.3 Å². The maximum Gasteiger partial charge on any atom is 0.0450 e. The molecule has 0 radical (unpaired) electrons. The van der Waals surface area contributed by atoms with Gasteiger partial charge in [0.2, 0.25) is 0 Å². The highest BCUT2D eigenvalue weighted by molar-refractivity contribution is 5.20. The lowest BCUT2D eigenvalue weighted by atomic mass is 9.99. The van der Waals surface area contributed by atoms with Gasteiger partial charge in [-0.2, -0.15) is 0 Å². The normalized spacial score (nSPS) is 24.5. The summed E-state index contributed by atoms with van der Waals surface area (Å²) in [6.45, 7) is 1.12. The van der Waals surface area contributed by atoms with Gasteiger partial charge in [0.1, 0.15) is 0 Å². The third kappa shape index (κ3) is 1.90. The molecule has 0 unspecified atom stereocenters. The van der Waals surface area contributed by atoms with Crippen molar-refractivity contribution in [1.29, 1.82) is 0 Å². The monoisotopic (exact) mass is 176 g/mol. The van der Waals surface area contributed by atoms with Crippen LogP contribution < -0.4 is 11.1 Å². The molecule has 0 bridgehead atoms. The maximum atomic E-state index is 6.14. The van der Waals surface area contributed by atoms with Gasteiger partial charge >= 0.3 is 0 Å². The first kappa shape index (κ1) is 8.73. The zero-order chi connectivity index (χ0) is 9.10. The van der Waals surface area contributed by atoms with Crippen LogP contribution in [0.1, 0.15) is 24.4 Å². The summed E-state index contributed by atoms with van der Waals surface area (Å²) in [5.74, 6) is 0. The Morgan fingerprint density at radius 2 is 2.08 bits per heavy atom. The Hall–Kier alpha value is -0.860. The van der Waals surface area contributed by atoms with Gasteiger partial charge < -0.3 is 11.1 Å². The zero-order valence-electron chi connectivity index (χ0n) is 7.74. The fraction of sp³-hybridized carbons (Fsp3) is 0.455. The van der Waals surface area contributed by atoms with E-state index in [1.54, 1.807) is 0 Å². The largest absolute Gasteiger partial charge is 0.323 e. The molecule has 1 saturated heterocycles. The number of nitrogens with two attached hydrogens (primary N) is 1. The Labute approximate surface area is 79.1 Å². The molecule has 0 spiro atoms. The molecule has 1 aliphatic rings.